The molecular weight excluding hydrogens is 282 g/mol. The zero-order valence-corrected chi connectivity index (χ0v) is 15.3. The third kappa shape index (κ3) is 9.76. The zero-order chi connectivity index (χ0) is 14.5. The molecule has 0 aromatic rings. The number of nitrogens with zero attached hydrogens (tertiary/aromatic N) is 1. The van der Waals surface area contributed by atoms with E-state index in [4.69, 9.17) is 4.74 Å². The van der Waals surface area contributed by atoms with Crippen molar-refractivity contribution in [3.63, 3.8) is 0 Å². The lowest BCUT2D eigenvalue weighted by Crippen LogP contribution is -3.00. The van der Waals surface area contributed by atoms with Crippen molar-refractivity contribution in [3.8, 4) is 0 Å². The molecule has 0 bridgehead atoms. The molecule has 3 heteroatoms. The number of quaternary nitrogens is 1. The molecule has 128 valence electrons. The van der Waals surface area contributed by atoms with Gasteiger partial charge in [0.2, 0.25) is 0 Å². The Labute approximate surface area is 139 Å². The smallest absolute Gasteiger partial charge is 0.102 e. The molecular formula is C18H38ClNO. The second-order valence-electron chi connectivity index (χ2n) is 6.62. The van der Waals surface area contributed by atoms with Crippen LogP contribution in [-0.4, -0.2) is 43.9 Å². The Balaban J connectivity index is 0.00000400. The van der Waals surface area contributed by atoms with Crippen LogP contribution in [0.1, 0.15) is 78.1 Å². The maximum atomic E-state index is 5.51. The third-order valence-electron chi connectivity index (χ3n) is 5.08. The Hall–Kier alpha value is 0.210. The number of hydrogen-bond acceptors (Lipinski definition) is 1. The Bertz CT molecular complexity index is 217. The molecule has 1 rings (SSSR count). The number of morpholine rings is 1. The van der Waals surface area contributed by atoms with E-state index >= 15 is 0 Å². The largest absolute Gasteiger partial charge is 1.00 e. The van der Waals surface area contributed by atoms with Gasteiger partial charge in [-0.2, -0.15) is 0 Å². The molecule has 1 fully saturated rings. The van der Waals surface area contributed by atoms with Crippen molar-refractivity contribution < 1.29 is 21.6 Å². The van der Waals surface area contributed by atoms with E-state index in [1.54, 1.807) is 0 Å². The van der Waals surface area contributed by atoms with E-state index in [0.29, 0.717) is 0 Å². The molecule has 0 N–H and O–H groups in total. The fourth-order valence-corrected chi connectivity index (χ4v) is 3.36. The molecule has 1 heterocycles. The molecule has 1 saturated heterocycles. The van der Waals surface area contributed by atoms with E-state index in [0.717, 1.165) is 13.2 Å². The summed E-state index contributed by atoms with van der Waals surface area (Å²) in [5.41, 5.74) is 0. The van der Waals surface area contributed by atoms with Gasteiger partial charge in [-0.1, -0.05) is 58.3 Å². The molecule has 1 aliphatic rings. The van der Waals surface area contributed by atoms with Gasteiger partial charge in [-0.15, -0.1) is 0 Å². The number of hydrogen-bond donors (Lipinski definition) is 0. The van der Waals surface area contributed by atoms with Gasteiger partial charge in [0.05, 0.1) is 26.3 Å². The van der Waals surface area contributed by atoms with Crippen LogP contribution in [0.25, 0.3) is 0 Å². The van der Waals surface area contributed by atoms with Crippen LogP contribution in [0.2, 0.25) is 0 Å². The van der Waals surface area contributed by atoms with Crippen LogP contribution in [0.3, 0.4) is 0 Å². The van der Waals surface area contributed by atoms with Gasteiger partial charge in [0.25, 0.3) is 0 Å². The van der Waals surface area contributed by atoms with E-state index in [-0.39, 0.29) is 12.4 Å². The molecule has 0 saturated carbocycles. The molecule has 1 aliphatic heterocycles. The lowest BCUT2D eigenvalue weighted by atomic mass is 10.1. The number of ether oxygens (including phenoxy) is 1. The van der Waals surface area contributed by atoms with Gasteiger partial charge in [-0.05, 0) is 19.8 Å². The average molecular weight is 320 g/mol. The summed E-state index contributed by atoms with van der Waals surface area (Å²) < 4.78 is 6.83. The summed E-state index contributed by atoms with van der Waals surface area (Å²) in [6, 6.07) is 0. The molecule has 0 aromatic carbocycles. The highest BCUT2D eigenvalue weighted by Crippen LogP contribution is 2.15. The Morgan fingerprint density at radius 1 is 0.714 bits per heavy atom. The molecule has 21 heavy (non-hydrogen) atoms. The normalized spacial score (nSPS) is 17.4. The first-order valence-corrected chi connectivity index (χ1v) is 9.26. The van der Waals surface area contributed by atoms with Gasteiger partial charge in [0, 0.05) is 0 Å². The van der Waals surface area contributed by atoms with Crippen LogP contribution in [0.15, 0.2) is 0 Å². The van der Waals surface area contributed by atoms with E-state index in [1.807, 2.05) is 0 Å². The second kappa shape index (κ2) is 13.8. The molecule has 2 nitrogen and oxygen atoms in total. The molecule has 0 spiro atoms. The molecule has 0 atom stereocenters. The van der Waals surface area contributed by atoms with Crippen molar-refractivity contribution in [2.45, 2.75) is 78.1 Å². The first-order valence-electron chi connectivity index (χ1n) is 9.26. The zero-order valence-electron chi connectivity index (χ0n) is 14.5. The lowest BCUT2D eigenvalue weighted by molar-refractivity contribution is -0.933. The quantitative estimate of drug-likeness (QED) is 0.393. The Morgan fingerprint density at radius 2 is 1.19 bits per heavy atom. The summed E-state index contributed by atoms with van der Waals surface area (Å²) in [6.45, 7) is 11.8. The van der Waals surface area contributed by atoms with Gasteiger partial charge < -0.3 is 21.6 Å². The van der Waals surface area contributed by atoms with Crippen molar-refractivity contribution in [1.29, 1.82) is 0 Å². The summed E-state index contributed by atoms with van der Waals surface area (Å²) in [7, 11) is 0. The van der Waals surface area contributed by atoms with Gasteiger partial charge >= 0.3 is 0 Å². The topological polar surface area (TPSA) is 9.23 Å². The predicted molar refractivity (Wildman–Crippen MR) is 88.1 cm³/mol. The van der Waals surface area contributed by atoms with E-state index < -0.39 is 0 Å². The van der Waals surface area contributed by atoms with Crippen LogP contribution in [0, 0.1) is 0 Å². The fourth-order valence-electron chi connectivity index (χ4n) is 3.36. The highest BCUT2D eigenvalue weighted by atomic mass is 35.5. The van der Waals surface area contributed by atoms with Crippen molar-refractivity contribution in [2.75, 3.05) is 39.4 Å². The molecule has 0 radical (unpaired) electrons. The van der Waals surface area contributed by atoms with Crippen molar-refractivity contribution in [3.05, 3.63) is 0 Å². The number of halogens is 1. The monoisotopic (exact) mass is 319 g/mol. The van der Waals surface area contributed by atoms with Gasteiger partial charge in [0.15, 0.2) is 0 Å². The molecule has 0 aliphatic carbocycles. The van der Waals surface area contributed by atoms with Crippen LogP contribution >= 0.6 is 0 Å². The second-order valence-corrected chi connectivity index (χ2v) is 6.62. The summed E-state index contributed by atoms with van der Waals surface area (Å²) in [4.78, 5) is 0. The van der Waals surface area contributed by atoms with Gasteiger partial charge in [-0.25, -0.2) is 0 Å². The predicted octanol–water partition coefficient (Wildman–Crippen LogP) is 1.78. The SMILES string of the molecule is CCCCCCCCCCCC[N+]1(CC)CCOCC1.[Cl-]. The van der Waals surface area contributed by atoms with Crippen molar-refractivity contribution in [2.24, 2.45) is 0 Å². The summed E-state index contributed by atoms with van der Waals surface area (Å²) in [6.07, 6.45) is 14.4. The molecule has 0 amide bonds. The molecule has 0 unspecified atom stereocenters. The average Bonchev–Trinajstić information content (AvgIpc) is 2.50. The van der Waals surface area contributed by atoms with Crippen LogP contribution in [-0.2, 0) is 4.74 Å². The minimum atomic E-state index is 0. The number of likely N-dealkylation sites (N-methyl/N-ethyl adjacent to an activating group) is 1. The number of rotatable bonds is 12. The van der Waals surface area contributed by atoms with Crippen LogP contribution < -0.4 is 12.4 Å². The van der Waals surface area contributed by atoms with E-state index in [9.17, 15) is 0 Å². The lowest BCUT2D eigenvalue weighted by Gasteiger charge is -2.40. The maximum Gasteiger partial charge on any atom is 0.102 e. The summed E-state index contributed by atoms with van der Waals surface area (Å²) >= 11 is 0. The highest BCUT2D eigenvalue weighted by molar-refractivity contribution is 4.52. The Kier molecular flexibility index (Phi) is 14.0. The fraction of sp³-hybridized carbons (Fsp3) is 1.00. The van der Waals surface area contributed by atoms with Crippen LogP contribution in [0.4, 0.5) is 0 Å². The van der Waals surface area contributed by atoms with E-state index in [2.05, 4.69) is 13.8 Å². The highest BCUT2D eigenvalue weighted by Gasteiger charge is 2.27. The van der Waals surface area contributed by atoms with E-state index in [1.165, 1.54) is 94.9 Å². The Morgan fingerprint density at radius 3 is 1.67 bits per heavy atom. The first kappa shape index (κ1) is 21.2. The summed E-state index contributed by atoms with van der Waals surface area (Å²) in [5, 5.41) is 0. The maximum absolute atomic E-state index is 5.51. The third-order valence-corrected chi connectivity index (χ3v) is 5.08. The summed E-state index contributed by atoms with van der Waals surface area (Å²) in [5.74, 6) is 0. The first-order chi connectivity index (χ1) is 9.83. The van der Waals surface area contributed by atoms with Crippen LogP contribution in [0.5, 0.6) is 0 Å². The van der Waals surface area contributed by atoms with Gasteiger partial charge in [0.1, 0.15) is 13.1 Å². The standard InChI is InChI=1S/C18H38NO.ClH/c1-3-5-6-7-8-9-10-11-12-13-14-19(4-2)15-17-20-18-16-19;/h3-18H2,1-2H3;1H/q+1;/p-1. The minimum Gasteiger partial charge on any atom is -1.00 e. The van der Waals surface area contributed by atoms with Crippen molar-refractivity contribution >= 4 is 0 Å². The molecule has 0 aromatic heterocycles. The van der Waals surface area contributed by atoms with Crippen molar-refractivity contribution in [1.82, 2.24) is 0 Å². The van der Waals surface area contributed by atoms with Gasteiger partial charge in [-0.3, -0.25) is 0 Å². The minimum absolute atomic E-state index is 0. The number of unbranched alkanes of at least 4 members (excludes halogenated alkanes) is 9.